The van der Waals surface area contributed by atoms with Gasteiger partial charge in [0, 0.05) is 36.9 Å². The minimum atomic E-state index is -0.437. The smallest absolute Gasteiger partial charge is 0.253 e. The Morgan fingerprint density at radius 1 is 1.15 bits per heavy atom. The van der Waals surface area contributed by atoms with Crippen LogP contribution in [0.4, 0.5) is 10.2 Å². The van der Waals surface area contributed by atoms with Gasteiger partial charge in [-0.1, -0.05) is 6.07 Å². The number of benzene rings is 1. The zero-order valence-corrected chi connectivity index (χ0v) is 14.1. The van der Waals surface area contributed by atoms with Gasteiger partial charge in [-0.15, -0.1) is 5.10 Å². The van der Waals surface area contributed by atoms with Crippen LogP contribution in [0.2, 0.25) is 0 Å². The van der Waals surface area contributed by atoms with Crippen LogP contribution in [0.25, 0.3) is 10.9 Å². The molecule has 6 nitrogen and oxygen atoms in total. The van der Waals surface area contributed by atoms with E-state index in [9.17, 15) is 9.18 Å². The summed E-state index contributed by atoms with van der Waals surface area (Å²) in [5.74, 6) is 0.122. The van der Waals surface area contributed by atoms with Crippen LogP contribution >= 0.6 is 0 Å². The number of anilines is 1. The van der Waals surface area contributed by atoms with Gasteiger partial charge in [-0.05, 0) is 43.2 Å². The molecule has 3 heterocycles. The first kappa shape index (κ1) is 16.4. The summed E-state index contributed by atoms with van der Waals surface area (Å²) < 4.78 is 13.8. The molecule has 0 bridgehead atoms. The summed E-state index contributed by atoms with van der Waals surface area (Å²) in [7, 11) is 0. The number of hydrogen-bond donors (Lipinski definition) is 1. The second-order valence-electron chi connectivity index (χ2n) is 6.35. The van der Waals surface area contributed by atoms with E-state index < -0.39 is 5.82 Å². The second-order valence-corrected chi connectivity index (χ2v) is 6.35. The fourth-order valence-electron chi connectivity index (χ4n) is 3.31. The molecule has 0 radical (unpaired) electrons. The van der Waals surface area contributed by atoms with Gasteiger partial charge in [-0.25, -0.2) is 4.39 Å². The predicted molar refractivity (Wildman–Crippen MR) is 96.4 cm³/mol. The number of carbonyl (C=O) groups excluding carboxylic acids is 1. The fourth-order valence-corrected chi connectivity index (χ4v) is 3.31. The van der Waals surface area contributed by atoms with E-state index in [0.717, 1.165) is 31.7 Å². The molecule has 0 unspecified atom stereocenters. The summed E-state index contributed by atoms with van der Waals surface area (Å²) in [5, 5.41) is 11.7. The number of aromatic nitrogens is 3. The lowest BCUT2D eigenvalue weighted by Crippen LogP contribution is -2.45. The topological polar surface area (TPSA) is 71.0 Å². The first-order valence-corrected chi connectivity index (χ1v) is 8.58. The Balaban J connectivity index is 1.45. The zero-order valence-electron chi connectivity index (χ0n) is 14.1. The third-order valence-corrected chi connectivity index (χ3v) is 4.63. The van der Waals surface area contributed by atoms with Crippen LogP contribution in [0.3, 0.4) is 0 Å². The Bertz CT molecular complexity index is 926. The van der Waals surface area contributed by atoms with Crippen molar-refractivity contribution in [1.29, 1.82) is 0 Å². The van der Waals surface area contributed by atoms with Crippen molar-refractivity contribution in [3.8, 4) is 0 Å². The van der Waals surface area contributed by atoms with Crippen molar-refractivity contribution < 1.29 is 9.18 Å². The number of hydrogen-bond acceptors (Lipinski definition) is 5. The van der Waals surface area contributed by atoms with Gasteiger partial charge in [0.15, 0.2) is 5.82 Å². The molecule has 1 aliphatic rings. The maximum Gasteiger partial charge on any atom is 0.253 e. The van der Waals surface area contributed by atoms with Gasteiger partial charge in [-0.3, -0.25) is 9.78 Å². The lowest BCUT2D eigenvalue weighted by atomic mass is 10.0. The van der Waals surface area contributed by atoms with Crippen LogP contribution in [-0.2, 0) is 0 Å². The van der Waals surface area contributed by atoms with Gasteiger partial charge in [0.1, 0.15) is 5.82 Å². The normalized spacial score (nSPS) is 15.2. The minimum absolute atomic E-state index is 0.0393. The Morgan fingerprint density at radius 2 is 1.96 bits per heavy atom. The zero-order chi connectivity index (χ0) is 17.9. The van der Waals surface area contributed by atoms with Gasteiger partial charge < -0.3 is 10.2 Å². The molecule has 1 N–H and O–H groups in total. The Morgan fingerprint density at radius 3 is 2.73 bits per heavy atom. The van der Waals surface area contributed by atoms with Gasteiger partial charge in [0.05, 0.1) is 11.1 Å². The quantitative estimate of drug-likeness (QED) is 0.785. The highest BCUT2D eigenvalue weighted by Gasteiger charge is 2.23. The standard InChI is InChI=1S/C19H18FN5O/c20-14-11-13-3-1-7-21-18(13)16(12-14)19(26)23-15-5-9-25(10-6-15)17-4-2-8-22-24-17/h1-4,7-8,11-12,15H,5-6,9-10H2,(H,23,26). The summed E-state index contributed by atoms with van der Waals surface area (Å²) >= 11 is 0. The highest BCUT2D eigenvalue weighted by molar-refractivity contribution is 6.05. The maximum atomic E-state index is 13.8. The predicted octanol–water partition coefficient (Wildman–Crippen LogP) is 2.56. The molecule has 0 atom stereocenters. The van der Waals surface area contributed by atoms with Crippen molar-refractivity contribution in [1.82, 2.24) is 20.5 Å². The molecule has 4 rings (SSSR count). The van der Waals surface area contributed by atoms with Crippen molar-refractivity contribution in [2.45, 2.75) is 18.9 Å². The molecule has 2 aromatic heterocycles. The molecule has 1 aliphatic heterocycles. The van der Waals surface area contributed by atoms with E-state index in [-0.39, 0.29) is 17.5 Å². The number of carbonyl (C=O) groups is 1. The van der Waals surface area contributed by atoms with Gasteiger partial charge in [-0.2, -0.15) is 5.10 Å². The summed E-state index contributed by atoms with van der Waals surface area (Å²) in [6.45, 7) is 1.57. The van der Waals surface area contributed by atoms with E-state index in [2.05, 4.69) is 25.4 Å². The highest BCUT2D eigenvalue weighted by atomic mass is 19.1. The first-order chi connectivity index (χ1) is 12.7. The summed E-state index contributed by atoms with van der Waals surface area (Å²) in [5.41, 5.74) is 0.792. The van der Waals surface area contributed by atoms with Crippen molar-refractivity contribution in [3.05, 3.63) is 60.2 Å². The van der Waals surface area contributed by atoms with Crippen molar-refractivity contribution in [2.24, 2.45) is 0 Å². The van der Waals surface area contributed by atoms with E-state index in [1.165, 1.54) is 12.1 Å². The maximum absolute atomic E-state index is 13.8. The molecular formula is C19H18FN5O. The number of halogens is 1. The highest BCUT2D eigenvalue weighted by Crippen LogP contribution is 2.20. The second kappa shape index (κ2) is 7.03. The third kappa shape index (κ3) is 3.33. The third-order valence-electron chi connectivity index (χ3n) is 4.63. The van der Waals surface area contributed by atoms with Crippen LogP contribution in [0.5, 0.6) is 0 Å². The SMILES string of the molecule is O=C(NC1CCN(c2cccnn2)CC1)c1cc(F)cc2cccnc12. The fraction of sp³-hybridized carbons (Fsp3) is 0.263. The summed E-state index contributed by atoms with van der Waals surface area (Å²) in [6, 6.07) is 9.94. The number of amides is 1. The van der Waals surface area contributed by atoms with Crippen molar-refractivity contribution in [2.75, 3.05) is 18.0 Å². The largest absolute Gasteiger partial charge is 0.355 e. The molecule has 0 saturated carbocycles. The van der Waals surface area contributed by atoms with E-state index in [1.54, 1.807) is 24.5 Å². The number of nitrogens with zero attached hydrogens (tertiary/aromatic N) is 4. The summed E-state index contributed by atoms with van der Waals surface area (Å²) in [6.07, 6.45) is 4.84. The van der Waals surface area contributed by atoms with Crippen LogP contribution in [0.1, 0.15) is 23.2 Å². The van der Waals surface area contributed by atoms with Gasteiger partial charge >= 0.3 is 0 Å². The van der Waals surface area contributed by atoms with Gasteiger partial charge in [0.2, 0.25) is 0 Å². The number of rotatable bonds is 3. The number of pyridine rings is 1. The molecule has 1 aromatic carbocycles. The number of fused-ring (bicyclic) bond motifs is 1. The molecule has 0 aliphatic carbocycles. The van der Waals surface area contributed by atoms with E-state index in [0.29, 0.717) is 10.9 Å². The number of nitrogens with one attached hydrogen (secondary N) is 1. The van der Waals surface area contributed by atoms with Crippen molar-refractivity contribution in [3.63, 3.8) is 0 Å². The van der Waals surface area contributed by atoms with E-state index >= 15 is 0 Å². The number of piperidine rings is 1. The lowest BCUT2D eigenvalue weighted by molar-refractivity contribution is 0.0932. The van der Waals surface area contributed by atoms with Crippen molar-refractivity contribution >= 4 is 22.6 Å². The van der Waals surface area contributed by atoms with E-state index in [1.807, 2.05) is 12.1 Å². The lowest BCUT2D eigenvalue weighted by Gasteiger charge is -2.32. The van der Waals surface area contributed by atoms with Crippen LogP contribution in [0, 0.1) is 5.82 Å². The molecule has 132 valence electrons. The summed E-state index contributed by atoms with van der Waals surface area (Å²) in [4.78, 5) is 19.1. The molecule has 3 aromatic rings. The minimum Gasteiger partial charge on any atom is -0.355 e. The van der Waals surface area contributed by atoms with Crippen LogP contribution < -0.4 is 10.2 Å². The molecule has 7 heteroatoms. The Hall–Kier alpha value is -3.09. The molecule has 26 heavy (non-hydrogen) atoms. The Labute approximate surface area is 150 Å². The molecule has 1 fully saturated rings. The van der Waals surface area contributed by atoms with Crippen LogP contribution in [0.15, 0.2) is 48.8 Å². The average Bonchev–Trinajstić information content (AvgIpc) is 2.68. The molecular weight excluding hydrogens is 333 g/mol. The van der Waals surface area contributed by atoms with Gasteiger partial charge in [0.25, 0.3) is 5.91 Å². The monoisotopic (exact) mass is 351 g/mol. The molecule has 1 amide bonds. The van der Waals surface area contributed by atoms with Crippen LogP contribution in [-0.4, -0.2) is 40.2 Å². The van der Waals surface area contributed by atoms with E-state index in [4.69, 9.17) is 0 Å². The molecule has 1 saturated heterocycles. The average molecular weight is 351 g/mol. The molecule has 0 spiro atoms. The first-order valence-electron chi connectivity index (χ1n) is 8.58. The Kier molecular flexibility index (Phi) is 4.43.